The normalized spacial score (nSPS) is 12.1. The summed E-state index contributed by atoms with van der Waals surface area (Å²) in [5, 5.41) is 4.17. The highest BCUT2D eigenvalue weighted by Crippen LogP contribution is 2.22. The minimum absolute atomic E-state index is 0.117. The van der Waals surface area contributed by atoms with E-state index in [1.165, 1.54) is 11.8 Å². The molecule has 0 bridgehead atoms. The van der Waals surface area contributed by atoms with Gasteiger partial charge in [-0.15, -0.1) is 0 Å². The summed E-state index contributed by atoms with van der Waals surface area (Å²) >= 11 is 3.29. The number of hydrogen-bond donors (Lipinski definition) is 1. The summed E-state index contributed by atoms with van der Waals surface area (Å²) in [5.41, 5.74) is 6.12. The SMILES string of the molecule is C/C(=N\NC(=O)c1cncc(Br)c1)c1ccc(C(C)(C)C)cc1. The molecule has 0 aliphatic carbocycles. The van der Waals surface area contributed by atoms with Crippen molar-refractivity contribution in [2.75, 3.05) is 0 Å². The topological polar surface area (TPSA) is 54.4 Å². The predicted octanol–water partition coefficient (Wildman–Crippen LogP) is 4.30. The number of carbonyl (C=O) groups is 1. The molecular formula is C18H20BrN3O. The number of hydrazone groups is 1. The van der Waals surface area contributed by atoms with Crippen LogP contribution in [-0.2, 0) is 5.41 Å². The van der Waals surface area contributed by atoms with Crippen LogP contribution in [0.3, 0.4) is 0 Å². The molecule has 23 heavy (non-hydrogen) atoms. The van der Waals surface area contributed by atoms with E-state index < -0.39 is 0 Å². The smallest absolute Gasteiger partial charge is 0.267 e. The molecule has 1 heterocycles. The molecule has 5 heteroatoms. The van der Waals surface area contributed by atoms with Crippen LogP contribution in [0.2, 0.25) is 0 Å². The van der Waals surface area contributed by atoms with Crippen molar-refractivity contribution in [3.63, 3.8) is 0 Å². The molecule has 4 nitrogen and oxygen atoms in total. The first-order valence-corrected chi connectivity index (χ1v) is 8.13. The van der Waals surface area contributed by atoms with Gasteiger partial charge in [-0.3, -0.25) is 9.78 Å². The van der Waals surface area contributed by atoms with Crippen LogP contribution in [0.15, 0.2) is 52.3 Å². The summed E-state index contributed by atoms with van der Waals surface area (Å²) in [6.07, 6.45) is 3.13. The van der Waals surface area contributed by atoms with Gasteiger partial charge in [0.2, 0.25) is 0 Å². The van der Waals surface area contributed by atoms with Gasteiger partial charge in [0, 0.05) is 16.9 Å². The lowest BCUT2D eigenvalue weighted by Crippen LogP contribution is -2.19. The number of carbonyl (C=O) groups excluding carboxylic acids is 1. The molecule has 0 aliphatic rings. The fraction of sp³-hybridized carbons (Fsp3) is 0.278. The lowest BCUT2D eigenvalue weighted by molar-refractivity contribution is 0.0954. The number of rotatable bonds is 3. The monoisotopic (exact) mass is 373 g/mol. The van der Waals surface area contributed by atoms with E-state index >= 15 is 0 Å². The van der Waals surface area contributed by atoms with E-state index in [1.807, 2.05) is 19.1 Å². The van der Waals surface area contributed by atoms with Gasteiger partial charge in [0.1, 0.15) is 0 Å². The number of halogens is 1. The molecule has 2 rings (SSSR count). The lowest BCUT2D eigenvalue weighted by atomic mass is 9.86. The molecule has 120 valence electrons. The Hall–Kier alpha value is -2.01. The van der Waals surface area contributed by atoms with Crippen molar-refractivity contribution in [1.82, 2.24) is 10.4 Å². The molecule has 1 amide bonds. The molecule has 1 aromatic heterocycles. The molecule has 0 spiro atoms. The van der Waals surface area contributed by atoms with Gasteiger partial charge in [0.15, 0.2) is 0 Å². The molecule has 0 saturated heterocycles. The van der Waals surface area contributed by atoms with Gasteiger partial charge in [0.05, 0.1) is 11.3 Å². The molecule has 0 radical (unpaired) electrons. The zero-order valence-corrected chi connectivity index (χ0v) is 15.3. The Bertz CT molecular complexity index is 731. The minimum atomic E-state index is -0.288. The number of nitrogens with one attached hydrogen (secondary N) is 1. The van der Waals surface area contributed by atoms with E-state index in [2.05, 4.69) is 64.3 Å². The number of aromatic nitrogens is 1. The molecular weight excluding hydrogens is 354 g/mol. The maximum atomic E-state index is 12.0. The second kappa shape index (κ2) is 7.04. The van der Waals surface area contributed by atoms with Crippen molar-refractivity contribution in [3.8, 4) is 0 Å². The highest BCUT2D eigenvalue weighted by Gasteiger charge is 2.13. The van der Waals surface area contributed by atoms with E-state index in [9.17, 15) is 4.79 Å². The Morgan fingerprint density at radius 1 is 1.13 bits per heavy atom. The quantitative estimate of drug-likeness (QED) is 0.644. The van der Waals surface area contributed by atoms with Crippen molar-refractivity contribution in [2.45, 2.75) is 33.1 Å². The summed E-state index contributed by atoms with van der Waals surface area (Å²) in [6.45, 7) is 8.39. The average Bonchev–Trinajstić information content (AvgIpc) is 2.51. The van der Waals surface area contributed by atoms with Gasteiger partial charge >= 0.3 is 0 Å². The van der Waals surface area contributed by atoms with Gasteiger partial charge in [-0.05, 0) is 45.5 Å². The first-order valence-electron chi connectivity index (χ1n) is 7.33. The van der Waals surface area contributed by atoms with Crippen molar-refractivity contribution >= 4 is 27.5 Å². The van der Waals surface area contributed by atoms with Gasteiger partial charge in [-0.2, -0.15) is 5.10 Å². The van der Waals surface area contributed by atoms with E-state index in [-0.39, 0.29) is 11.3 Å². The Morgan fingerprint density at radius 2 is 1.78 bits per heavy atom. The maximum Gasteiger partial charge on any atom is 0.272 e. The fourth-order valence-electron chi connectivity index (χ4n) is 2.01. The van der Waals surface area contributed by atoms with Crippen molar-refractivity contribution in [3.05, 3.63) is 63.9 Å². The highest BCUT2D eigenvalue weighted by atomic mass is 79.9. The number of pyridine rings is 1. The van der Waals surface area contributed by atoms with E-state index in [0.29, 0.717) is 5.56 Å². The summed E-state index contributed by atoms with van der Waals surface area (Å²) in [7, 11) is 0. The van der Waals surface area contributed by atoms with Crippen LogP contribution >= 0.6 is 15.9 Å². The van der Waals surface area contributed by atoms with E-state index in [4.69, 9.17) is 0 Å². The zero-order chi connectivity index (χ0) is 17.0. The van der Waals surface area contributed by atoms with Gasteiger partial charge < -0.3 is 0 Å². The maximum absolute atomic E-state index is 12.0. The zero-order valence-electron chi connectivity index (χ0n) is 13.7. The Labute approximate surface area is 145 Å². The summed E-state index contributed by atoms with van der Waals surface area (Å²) in [6, 6.07) is 9.92. The highest BCUT2D eigenvalue weighted by molar-refractivity contribution is 9.10. The molecule has 2 aromatic rings. The van der Waals surface area contributed by atoms with E-state index in [1.54, 1.807) is 12.3 Å². The van der Waals surface area contributed by atoms with Crippen LogP contribution in [0.5, 0.6) is 0 Å². The van der Waals surface area contributed by atoms with Gasteiger partial charge in [0.25, 0.3) is 5.91 Å². The van der Waals surface area contributed by atoms with Crippen LogP contribution in [-0.4, -0.2) is 16.6 Å². The Balaban J connectivity index is 2.09. The Morgan fingerprint density at radius 3 is 2.35 bits per heavy atom. The van der Waals surface area contributed by atoms with Crippen LogP contribution < -0.4 is 5.43 Å². The van der Waals surface area contributed by atoms with E-state index in [0.717, 1.165) is 15.7 Å². The standard InChI is InChI=1S/C18H20BrN3O/c1-12(13-5-7-15(8-6-13)18(2,3)4)21-22-17(23)14-9-16(19)11-20-10-14/h5-11H,1-4H3,(H,22,23)/b21-12+. The van der Waals surface area contributed by atoms with Gasteiger partial charge in [-0.25, -0.2) is 5.43 Å². The van der Waals surface area contributed by atoms with Crippen LogP contribution in [0.4, 0.5) is 0 Å². The average molecular weight is 374 g/mol. The minimum Gasteiger partial charge on any atom is -0.267 e. The van der Waals surface area contributed by atoms with Gasteiger partial charge in [-0.1, -0.05) is 45.0 Å². The predicted molar refractivity (Wildman–Crippen MR) is 96.8 cm³/mol. The number of amides is 1. The number of hydrogen-bond acceptors (Lipinski definition) is 3. The van der Waals surface area contributed by atoms with Crippen LogP contribution in [0.1, 0.15) is 49.2 Å². The molecule has 0 atom stereocenters. The molecule has 0 saturated carbocycles. The summed E-state index contributed by atoms with van der Waals surface area (Å²) in [5.74, 6) is -0.288. The first-order chi connectivity index (χ1) is 10.8. The lowest BCUT2D eigenvalue weighted by Gasteiger charge is -2.19. The summed E-state index contributed by atoms with van der Waals surface area (Å²) < 4.78 is 0.753. The van der Waals surface area contributed by atoms with Crippen molar-refractivity contribution < 1.29 is 4.79 Å². The number of nitrogens with zero attached hydrogens (tertiary/aromatic N) is 2. The molecule has 0 unspecified atom stereocenters. The third-order valence-electron chi connectivity index (χ3n) is 3.46. The Kier molecular flexibility index (Phi) is 5.31. The largest absolute Gasteiger partial charge is 0.272 e. The second-order valence-electron chi connectivity index (χ2n) is 6.36. The summed E-state index contributed by atoms with van der Waals surface area (Å²) in [4.78, 5) is 16.0. The van der Waals surface area contributed by atoms with Crippen LogP contribution in [0.25, 0.3) is 0 Å². The third-order valence-corrected chi connectivity index (χ3v) is 3.89. The molecule has 0 aliphatic heterocycles. The van der Waals surface area contributed by atoms with Crippen LogP contribution in [0, 0.1) is 0 Å². The molecule has 1 aromatic carbocycles. The molecule has 0 fully saturated rings. The fourth-order valence-corrected chi connectivity index (χ4v) is 2.38. The first kappa shape index (κ1) is 17.3. The number of benzene rings is 1. The van der Waals surface area contributed by atoms with Crippen molar-refractivity contribution in [1.29, 1.82) is 0 Å². The molecule has 1 N–H and O–H groups in total. The van der Waals surface area contributed by atoms with Crippen molar-refractivity contribution in [2.24, 2.45) is 5.10 Å². The third kappa shape index (κ3) is 4.73. The second-order valence-corrected chi connectivity index (χ2v) is 7.27.